The molecule has 0 spiro atoms. The molecule has 0 heterocycles. The minimum atomic E-state index is -3.62. The average molecular weight is 407 g/mol. The second-order valence-electron chi connectivity index (χ2n) is 6.94. The van der Waals surface area contributed by atoms with Crippen molar-refractivity contribution in [2.75, 3.05) is 18.2 Å². The number of methoxy groups -OCH3 is 1. The van der Waals surface area contributed by atoms with Crippen molar-refractivity contribution in [3.63, 3.8) is 0 Å². The number of sulfone groups is 1. The van der Waals surface area contributed by atoms with Crippen molar-refractivity contribution in [2.24, 2.45) is 5.92 Å². The van der Waals surface area contributed by atoms with Crippen LogP contribution in [-0.4, -0.2) is 38.4 Å². The van der Waals surface area contributed by atoms with Crippen LogP contribution in [0.5, 0.6) is 5.75 Å². The normalized spacial score (nSPS) is 19.4. The van der Waals surface area contributed by atoms with Crippen LogP contribution < -0.4 is 10.1 Å². The second-order valence-corrected chi connectivity index (χ2v) is 8.97. The van der Waals surface area contributed by atoms with Crippen LogP contribution in [0, 0.1) is 11.7 Å². The summed E-state index contributed by atoms with van der Waals surface area (Å²) in [5, 5.41) is 12.2. The third-order valence-electron chi connectivity index (χ3n) is 4.85. The van der Waals surface area contributed by atoms with Gasteiger partial charge in [0.1, 0.15) is 11.6 Å². The molecule has 150 valence electrons. The van der Waals surface area contributed by atoms with Crippen LogP contribution in [0.2, 0.25) is 0 Å². The number of carbonyl (C=O) groups excluding carboxylic acids is 1. The van der Waals surface area contributed by atoms with Gasteiger partial charge in [0.05, 0.1) is 29.4 Å². The van der Waals surface area contributed by atoms with Gasteiger partial charge >= 0.3 is 0 Å². The van der Waals surface area contributed by atoms with Crippen molar-refractivity contribution in [3.8, 4) is 5.75 Å². The Bertz CT molecular complexity index is 959. The monoisotopic (exact) mass is 407 g/mol. The summed E-state index contributed by atoms with van der Waals surface area (Å²) in [6.45, 7) is 0. The molecule has 1 fully saturated rings. The lowest BCUT2D eigenvalue weighted by molar-refractivity contribution is 0.102. The maximum absolute atomic E-state index is 13.0. The number of amides is 1. The van der Waals surface area contributed by atoms with E-state index in [2.05, 4.69) is 5.32 Å². The van der Waals surface area contributed by atoms with E-state index in [1.165, 1.54) is 49.6 Å². The van der Waals surface area contributed by atoms with E-state index in [0.29, 0.717) is 24.9 Å². The lowest BCUT2D eigenvalue weighted by atomic mass is 10.1. The SMILES string of the molecule is COc1ccc(S(=O)(=O)CC2CC[C@@H](O)C2)cc1C(=O)Nc1ccc(F)cc1. The molecular weight excluding hydrogens is 385 g/mol. The molecule has 2 N–H and O–H groups in total. The first-order chi connectivity index (χ1) is 13.3. The quantitative estimate of drug-likeness (QED) is 0.768. The van der Waals surface area contributed by atoms with Crippen LogP contribution in [0.3, 0.4) is 0 Å². The summed E-state index contributed by atoms with van der Waals surface area (Å²) in [5.74, 6) is -0.930. The first kappa shape index (κ1) is 20.3. The molecule has 0 radical (unpaired) electrons. The van der Waals surface area contributed by atoms with Crippen LogP contribution in [0.4, 0.5) is 10.1 Å². The van der Waals surface area contributed by atoms with Gasteiger partial charge in [-0.15, -0.1) is 0 Å². The summed E-state index contributed by atoms with van der Waals surface area (Å²) in [7, 11) is -2.24. The van der Waals surface area contributed by atoms with Gasteiger partial charge in [-0.1, -0.05) is 0 Å². The second kappa shape index (κ2) is 8.28. The van der Waals surface area contributed by atoms with Gasteiger partial charge in [-0.05, 0) is 67.6 Å². The highest BCUT2D eigenvalue weighted by atomic mass is 32.2. The van der Waals surface area contributed by atoms with Gasteiger partial charge in [-0.3, -0.25) is 4.79 Å². The maximum Gasteiger partial charge on any atom is 0.259 e. The third kappa shape index (κ3) is 4.69. The third-order valence-corrected chi connectivity index (χ3v) is 6.73. The maximum atomic E-state index is 13.0. The Labute approximate surface area is 163 Å². The number of aliphatic hydroxyl groups is 1. The fourth-order valence-corrected chi connectivity index (χ4v) is 5.08. The van der Waals surface area contributed by atoms with Gasteiger partial charge in [0, 0.05) is 5.69 Å². The van der Waals surface area contributed by atoms with E-state index < -0.39 is 27.7 Å². The number of aliphatic hydroxyl groups excluding tert-OH is 1. The van der Waals surface area contributed by atoms with E-state index in [0.717, 1.165) is 0 Å². The molecule has 8 heteroatoms. The van der Waals surface area contributed by atoms with Crippen molar-refractivity contribution in [1.82, 2.24) is 0 Å². The molecule has 0 saturated heterocycles. The summed E-state index contributed by atoms with van der Waals surface area (Å²) in [6, 6.07) is 9.38. The minimum absolute atomic E-state index is 0.0268. The number of nitrogens with one attached hydrogen (secondary N) is 1. The summed E-state index contributed by atoms with van der Waals surface area (Å²) in [5.41, 5.74) is 0.445. The van der Waals surface area contributed by atoms with E-state index in [4.69, 9.17) is 4.74 Å². The fourth-order valence-electron chi connectivity index (χ4n) is 3.40. The molecule has 1 amide bonds. The van der Waals surface area contributed by atoms with Crippen LogP contribution in [0.25, 0.3) is 0 Å². The van der Waals surface area contributed by atoms with Gasteiger partial charge in [0.15, 0.2) is 9.84 Å². The van der Waals surface area contributed by atoms with Crippen molar-refractivity contribution in [1.29, 1.82) is 0 Å². The highest BCUT2D eigenvalue weighted by Crippen LogP contribution is 2.30. The molecule has 1 saturated carbocycles. The number of ether oxygens (including phenoxy) is 1. The molecule has 6 nitrogen and oxygen atoms in total. The van der Waals surface area contributed by atoms with Gasteiger partial charge in [0.25, 0.3) is 5.91 Å². The molecule has 1 aliphatic carbocycles. The Hall–Kier alpha value is -2.45. The summed E-state index contributed by atoms with van der Waals surface area (Å²) in [6.07, 6.45) is 1.28. The molecule has 0 aliphatic heterocycles. The summed E-state index contributed by atoms with van der Waals surface area (Å²) >= 11 is 0. The van der Waals surface area contributed by atoms with Gasteiger partial charge in [0.2, 0.25) is 0 Å². The van der Waals surface area contributed by atoms with Crippen LogP contribution >= 0.6 is 0 Å². The number of hydrogen-bond donors (Lipinski definition) is 2. The predicted molar refractivity (Wildman–Crippen MR) is 103 cm³/mol. The molecule has 2 aromatic rings. The van der Waals surface area contributed by atoms with Gasteiger partial charge in [-0.25, -0.2) is 12.8 Å². The summed E-state index contributed by atoms with van der Waals surface area (Å²) in [4.78, 5) is 12.7. The molecule has 28 heavy (non-hydrogen) atoms. The topological polar surface area (TPSA) is 92.7 Å². The Morgan fingerprint density at radius 2 is 1.93 bits per heavy atom. The zero-order chi connectivity index (χ0) is 20.3. The average Bonchev–Trinajstić information content (AvgIpc) is 3.07. The number of rotatable bonds is 6. The van der Waals surface area contributed by atoms with E-state index >= 15 is 0 Å². The largest absolute Gasteiger partial charge is 0.496 e. The zero-order valence-corrected chi connectivity index (χ0v) is 16.2. The van der Waals surface area contributed by atoms with E-state index in [-0.39, 0.29) is 27.9 Å². The molecule has 0 aromatic heterocycles. The number of anilines is 1. The standard InChI is InChI=1S/C20H22FNO5S/c1-27-19-9-8-17(28(25,26)12-13-2-7-16(23)10-13)11-18(19)20(24)22-15-5-3-14(21)4-6-15/h3-6,8-9,11,13,16,23H,2,7,10,12H2,1H3,(H,22,24)/t13?,16-/m1/s1. The Morgan fingerprint density at radius 3 is 2.54 bits per heavy atom. The number of benzene rings is 2. The van der Waals surface area contributed by atoms with Crippen molar-refractivity contribution in [3.05, 3.63) is 53.8 Å². The first-order valence-corrected chi connectivity index (χ1v) is 10.6. The van der Waals surface area contributed by atoms with E-state index in [9.17, 15) is 22.7 Å². The van der Waals surface area contributed by atoms with Crippen molar-refractivity contribution < 1.29 is 27.4 Å². The smallest absolute Gasteiger partial charge is 0.259 e. The first-order valence-electron chi connectivity index (χ1n) is 8.94. The number of hydrogen-bond acceptors (Lipinski definition) is 5. The molecule has 2 atom stereocenters. The molecular formula is C20H22FNO5S. The molecule has 1 aliphatic rings. The van der Waals surface area contributed by atoms with Gasteiger partial charge in [-0.2, -0.15) is 0 Å². The summed E-state index contributed by atoms with van der Waals surface area (Å²) < 4.78 is 43.8. The fraction of sp³-hybridized carbons (Fsp3) is 0.350. The Balaban J connectivity index is 1.84. The van der Waals surface area contributed by atoms with Crippen LogP contribution in [0.1, 0.15) is 29.6 Å². The van der Waals surface area contributed by atoms with Crippen molar-refractivity contribution >= 4 is 21.4 Å². The molecule has 2 aromatic carbocycles. The lowest BCUT2D eigenvalue weighted by Crippen LogP contribution is -2.17. The minimum Gasteiger partial charge on any atom is -0.496 e. The zero-order valence-electron chi connectivity index (χ0n) is 15.4. The molecule has 1 unspecified atom stereocenters. The number of carbonyl (C=O) groups is 1. The molecule has 0 bridgehead atoms. The highest BCUT2D eigenvalue weighted by molar-refractivity contribution is 7.91. The van der Waals surface area contributed by atoms with Crippen LogP contribution in [-0.2, 0) is 9.84 Å². The van der Waals surface area contributed by atoms with E-state index in [1.54, 1.807) is 0 Å². The molecule has 3 rings (SSSR count). The number of halogens is 1. The Morgan fingerprint density at radius 1 is 1.21 bits per heavy atom. The van der Waals surface area contributed by atoms with E-state index in [1.807, 2.05) is 0 Å². The lowest BCUT2D eigenvalue weighted by Gasteiger charge is -2.14. The Kier molecular flexibility index (Phi) is 6.00. The van der Waals surface area contributed by atoms with Crippen molar-refractivity contribution in [2.45, 2.75) is 30.3 Å². The highest BCUT2D eigenvalue weighted by Gasteiger charge is 2.29. The van der Waals surface area contributed by atoms with Gasteiger partial charge < -0.3 is 15.2 Å². The van der Waals surface area contributed by atoms with Crippen LogP contribution in [0.15, 0.2) is 47.4 Å². The predicted octanol–water partition coefficient (Wildman–Crippen LogP) is 3.02.